The van der Waals surface area contributed by atoms with E-state index in [0.717, 1.165) is 5.56 Å². The predicted molar refractivity (Wildman–Crippen MR) is 61.5 cm³/mol. The van der Waals surface area contributed by atoms with Crippen LogP contribution in [0.25, 0.3) is 0 Å². The molecule has 1 saturated carbocycles. The minimum atomic E-state index is -0.934. The molecule has 0 radical (unpaired) electrons. The molecule has 1 aromatic rings. The fourth-order valence-electron chi connectivity index (χ4n) is 2.27. The van der Waals surface area contributed by atoms with Crippen LogP contribution in [0.3, 0.4) is 0 Å². The molecule has 3 N–H and O–H groups in total. The summed E-state index contributed by atoms with van der Waals surface area (Å²) in [6.45, 7) is 4.12. The average Bonchev–Trinajstić information content (AvgIpc) is 2.97. The molecule has 0 spiro atoms. The van der Waals surface area contributed by atoms with Gasteiger partial charge in [-0.15, -0.1) is 0 Å². The number of aryl methyl sites for hydroxylation is 1. The lowest BCUT2D eigenvalue weighted by Crippen LogP contribution is -2.32. The number of aliphatic carboxylic acids is 1. The molecule has 0 bridgehead atoms. The second-order valence-corrected chi connectivity index (χ2v) is 4.65. The van der Waals surface area contributed by atoms with Crippen molar-refractivity contribution in [3.05, 3.63) is 23.0 Å². The SMILES string of the molecule is Cc1cc(CC(N)C(=O)O)c(C)n1C1CC1. The Balaban J connectivity index is 2.21. The van der Waals surface area contributed by atoms with Gasteiger partial charge in [0.2, 0.25) is 0 Å². The van der Waals surface area contributed by atoms with E-state index in [9.17, 15) is 4.79 Å². The summed E-state index contributed by atoms with van der Waals surface area (Å²) in [4.78, 5) is 10.7. The molecular weight excluding hydrogens is 204 g/mol. The molecule has 4 nitrogen and oxygen atoms in total. The van der Waals surface area contributed by atoms with Gasteiger partial charge in [-0.05, 0) is 44.7 Å². The van der Waals surface area contributed by atoms with Crippen LogP contribution < -0.4 is 5.73 Å². The van der Waals surface area contributed by atoms with Gasteiger partial charge in [-0.3, -0.25) is 4.79 Å². The van der Waals surface area contributed by atoms with Crippen molar-refractivity contribution in [3.8, 4) is 0 Å². The van der Waals surface area contributed by atoms with Crippen molar-refractivity contribution in [3.63, 3.8) is 0 Å². The third kappa shape index (κ3) is 1.97. The Kier molecular flexibility index (Phi) is 2.76. The smallest absolute Gasteiger partial charge is 0.320 e. The summed E-state index contributed by atoms with van der Waals surface area (Å²) in [5.41, 5.74) is 9.02. The van der Waals surface area contributed by atoms with Crippen LogP contribution >= 0.6 is 0 Å². The molecule has 16 heavy (non-hydrogen) atoms. The Morgan fingerprint density at radius 2 is 2.25 bits per heavy atom. The number of hydrogen-bond donors (Lipinski definition) is 2. The molecule has 1 unspecified atom stereocenters. The second kappa shape index (κ2) is 3.94. The van der Waals surface area contributed by atoms with Crippen LogP contribution in [-0.4, -0.2) is 21.7 Å². The largest absolute Gasteiger partial charge is 0.480 e. The number of carboxylic acids is 1. The zero-order valence-corrected chi connectivity index (χ0v) is 9.73. The summed E-state index contributed by atoms with van der Waals surface area (Å²) >= 11 is 0. The van der Waals surface area contributed by atoms with E-state index in [-0.39, 0.29) is 0 Å². The fraction of sp³-hybridized carbons (Fsp3) is 0.583. The van der Waals surface area contributed by atoms with Gasteiger partial charge in [-0.25, -0.2) is 0 Å². The highest BCUT2D eigenvalue weighted by Gasteiger charge is 2.27. The van der Waals surface area contributed by atoms with Crippen LogP contribution in [0.4, 0.5) is 0 Å². The van der Waals surface area contributed by atoms with E-state index in [0.29, 0.717) is 12.5 Å². The van der Waals surface area contributed by atoms with Crippen molar-refractivity contribution >= 4 is 5.97 Å². The summed E-state index contributed by atoms with van der Waals surface area (Å²) < 4.78 is 2.31. The second-order valence-electron chi connectivity index (χ2n) is 4.65. The molecule has 1 aliphatic rings. The number of carbonyl (C=O) groups is 1. The van der Waals surface area contributed by atoms with Crippen molar-refractivity contribution < 1.29 is 9.90 Å². The Bertz CT molecular complexity index is 419. The molecule has 1 fully saturated rings. The highest BCUT2D eigenvalue weighted by molar-refractivity contribution is 5.73. The third-order valence-electron chi connectivity index (χ3n) is 3.26. The van der Waals surface area contributed by atoms with Crippen LogP contribution in [-0.2, 0) is 11.2 Å². The van der Waals surface area contributed by atoms with Gasteiger partial charge in [0, 0.05) is 17.4 Å². The lowest BCUT2D eigenvalue weighted by molar-refractivity contribution is -0.138. The molecule has 1 aromatic heterocycles. The number of hydrogen-bond acceptors (Lipinski definition) is 2. The highest BCUT2D eigenvalue weighted by Crippen LogP contribution is 2.38. The number of carboxylic acid groups (broad SMARTS) is 1. The maximum atomic E-state index is 10.7. The lowest BCUT2D eigenvalue weighted by atomic mass is 10.1. The first kappa shape index (κ1) is 11.2. The van der Waals surface area contributed by atoms with Crippen molar-refractivity contribution in [1.29, 1.82) is 0 Å². The third-order valence-corrected chi connectivity index (χ3v) is 3.26. The van der Waals surface area contributed by atoms with E-state index in [1.54, 1.807) is 0 Å². The van der Waals surface area contributed by atoms with Crippen LogP contribution in [0.15, 0.2) is 6.07 Å². The summed E-state index contributed by atoms with van der Waals surface area (Å²) in [7, 11) is 0. The lowest BCUT2D eigenvalue weighted by Gasteiger charge is -2.09. The van der Waals surface area contributed by atoms with Crippen molar-refractivity contribution in [2.24, 2.45) is 5.73 Å². The first-order valence-corrected chi connectivity index (χ1v) is 5.66. The summed E-state index contributed by atoms with van der Waals surface area (Å²) in [5, 5.41) is 8.80. The number of rotatable bonds is 4. The van der Waals surface area contributed by atoms with Gasteiger partial charge < -0.3 is 15.4 Å². The number of nitrogens with zero attached hydrogens (tertiary/aromatic N) is 1. The number of nitrogens with two attached hydrogens (primary N) is 1. The zero-order chi connectivity index (χ0) is 11.9. The molecule has 0 aromatic carbocycles. The molecule has 4 heteroatoms. The van der Waals surface area contributed by atoms with Crippen LogP contribution in [0.5, 0.6) is 0 Å². The topological polar surface area (TPSA) is 68.2 Å². The van der Waals surface area contributed by atoms with Gasteiger partial charge in [-0.2, -0.15) is 0 Å². The first-order chi connectivity index (χ1) is 7.50. The summed E-state index contributed by atoms with van der Waals surface area (Å²) in [6, 6.07) is 1.90. The van der Waals surface area contributed by atoms with Crippen LogP contribution in [0, 0.1) is 13.8 Å². The van der Waals surface area contributed by atoms with Crippen molar-refractivity contribution in [2.75, 3.05) is 0 Å². The van der Waals surface area contributed by atoms with E-state index < -0.39 is 12.0 Å². The Labute approximate surface area is 95.1 Å². The molecule has 0 amide bonds. The molecule has 0 saturated heterocycles. The standard InChI is InChI=1S/C12H18N2O2/c1-7-5-9(6-11(13)12(15)16)8(2)14(7)10-3-4-10/h5,10-11H,3-4,6,13H2,1-2H3,(H,15,16). The minimum absolute atomic E-state index is 0.418. The van der Waals surface area contributed by atoms with E-state index in [1.165, 1.54) is 24.2 Å². The van der Waals surface area contributed by atoms with Crippen molar-refractivity contribution in [1.82, 2.24) is 4.57 Å². The average molecular weight is 222 g/mol. The molecule has 0 aliphatic heterocycles. The molecular formula is C12H18N2O2. The molecule has 88 valence electrons. The van der Waals surface area contributed by atoms with Crippen LogP contribution in [0.2, 0.25) is 0 Å². The van der Waals surface area contributed by atoms with Gasteiger partial charge in [0.25, 0.3) is 0 Å². The predicted octanol–water partition coefficient (Wildman–Crippen LogP) is 1.39. The van der Waals surface area contributed by atoms with Crippen molar-refractivity contribution in [2.45, 2.75) is 45.2 Å². The van der Waals surface area contributed by atoms with E-state index >= 15 is 0 Å². The van der Waals surface area contributed by atoms with Crippen LogP contribution in [0.1, 0.15) is 35.8 Å². The maximum absolute atomic E-state index is 10.7. The monoisotopic (exact) mass is 222 g/mol. The summed E-state index contributed by atoms with van der Waals surface area (Å²) in [6.07, 6.45) is 2.89. The van der Waals surface area contributed by atoms with E-state index in [2.05, 4.69) is 24.5 Å². The Hall–Kier alpha value is -1.29. The van der Waals surface area contributed by atoms with Gasteiger partial charge in [0.1, 0.15) is 6.04 Å². The van der Waals surface area contributed by atoms with E-state index in [4.69, 9.17) is 10.8 Å². The normalized spacial score (nSPS) is 17.4. The molecule has 1 atom stereocenters. The maximum Gasteiger partial charge on any atom is 0.320 e. The van der Waals surface area contributed by atoms with Gasteiger partial charge in [-0.1, -0.05) is 0 Å². The molecule has 1 heterocycles. The Morgan fingerprint density at radius 1 is 1.62 bits per heavy atom. The Morgan fingerprint density at radius 3 is 2.75 bits per heavy atom. The van der Waals surface area contributed by atoms with Gasteiger partial charge >= 0.3 is 5.97 Å². The first-order valence-electron chi connectivity index (χ1n) is 5.66. The van der Waals surface area contributed by atoms with E-state index in [1.807, 2.05) is 0 Å². The number of aromatic nitrogens is 1. The van der Waals surface area contributed by atoms with Gasteiger partial charge in [0.05, 0.1) is 0 Å². The highest BCUT2D eigenvalue weighted by atomic mass is 16.4. The molecule has 2 rings (SSSR count). The fourth-order valence-corrected chi connectivity index (χ4v) is 2.27. The summed E-state index contributed by atoms with van der Waals surface area (Å²) in [5.74, 6) is -0.934. The zero-order valence-electron chi connectivity index (χ0n) is 9.73. The molecule has 1 aliphatic carbocycles. The van der Waals surface area contributed by atoms with Gasteiger partial charge in [0.15, 0.2) is 0 Å². The minimum Gasteiger partial charge on any atom is -0.480 e. The quantitative estimate of drug-likeness (QED) is 0.809.